The van der Waals surface area contributed by atoms with E-state index in [1.807, 2.05) is 19.1 Å². The maximum absolute atomic E-state index is 9.69. The molecule has 3 nitrogen and oxygen atoms in total. The first-order chi connectivity index (χ1) is 7.16. The van der Waals surface area contributed by atoms with E-state index in [1.54, 1.807) is 0 Å². The number of rotatable bonds is 5. The number of hydrogen-bond donors (Lipinski definition) is 2. The van der Waals surface area contributed by atoms with E-state index in [2.05, 4.69) is 21.2 Å². The molecule has 1 heterocycles. The van der Waals surface area contributed by atoms with Gasteiger partial charge < -0.3 is 14.8 Å². The molecule has 15 heavy (non-hydrogen) atoms. The molecule has 1 aromatic heterocycles. The standard InChI is InChI=1S/C11H16BrNO2/c1-7(10-4-5-11(12)15-10)13-6-9(14)8-2-3-8/h4-5,7-9,13-14H,2-3,6H2,1H3. The van der Waals surface area contributed by atoms with Crippen LogP contribution in [0.4, 0.5) is 0 Å². The molecule has 1 aliphatic carbocycles. The van der Waals surface area contributed by atoms with Crippen LogP contribution in [0.25, 0.3) is 0 Å². The summed E-state index contributed by atoms with van der Waals surface area (Å²) in [5, 5.41) is 13.0. The Labute approximate surface area is 98.0 Å². The van der Waals surface area contributed by atoms with E-state index in [0.717, 1.165) is 10.4 Å². The SMILES string of the molecule is CC(NCC(O)C1CC1)c1ccc(Br)o1. The second-order valence-electron chi connectivity index (χ2n) is 4.18. The van der Waals surface area contributed by atoms with Gasteiger partial charge in [0, 0.05) is 6.54 Å². The van der Waals surface area contributed by atoms with Crippen molar-refractivity contribution in [3.05, 3.63) is 22.6 Å². The first-order valence-electron chi connectivity index (χ1n) is 5.33. The first-order valence-corrected chi connectivity index (χ1v) is 6.13. The Morgan fingerprint density at radius 2 is 2.33 bits per heavy atom. The molecule has 2 rings (SSSR count). The molecule has 84 valence electrons. The van der Waals surface area contributed by atoms with Crippen LogP contribution in [0.1, 0.15) is 31.6 Å². The summed E-state index contributed by atoms with van der Waals surface area (Å²) in [5.41, 5.74) is 0. The fraction of sp³-hybridized carbons (Fsp3) is 0.636. The highest BCUT2D eigenvalue weighted by atomic mass is 79.9. The quantitative estimate of drug-likeness (QED) is 0.867. The van der Waals surface area contributed by atoms with Gasteiger partial charge in [0.2, 0.25) is 0 Å². The fourth-order valence-corrected chi connectivity index (χ4v) is 1.93. The van der Waals surface area contributed by atoms with Crippen molar-refractivity contribution in [3.8, 4) is 0 Å². The highest BCUT2D eigenvalue weighted by Crippen LogP contribution is 2.32. The molecular weight excluding hydrogens is 258 g/mol. The second-order valence-corrected chi connectivity index (χ2v) is 4.96. The van der Waals surface area contributed by atoms with Crippen LogP contribution in [0.5, 0.6) is 0 Å². The maximum atomic E-state index is 9.69. The highest BCUT2D eigenvalue weighted by Gasteiger charge is 2.29. The second kappa shape index (κ2) is 4.68. The molecule has 1 fully saturated rings. The molecule has 0 aliphatic heterocycles. The Morgan fingerprint density at radius 1 is 1.60 bits per heavy atom. The third kappa shape index (κ3) is 3.06. The summed E-state index contributed by atoms with van der Waals surface area (Å²) >= 11 is 3.27. The molecule has 2 N–H and O–H groups in total. The Balaban J connectivity index is 1.78. The number of halogens is 1. The molecule has 0 amide bonds. The zero-order valence-electron chi connectivity index (χ0n) is 8.74. The van der Waals surface area contributed by atoms with Crippen molar-refractivity contribution in [2.45, 2.75) is 31.9 Å². The Kier molecular flexibility index (Phi) is 3.49. The normalized spacial score (nSPS) is 20.2. The number of nitrogens with one attached hydrogen (secondary N) is 1. The van der Waals surface area contributed by atoms with Gasteiger partial charge >= 0.3 is 0 Å². The first kappa shape index (κ1) is 11.2. The molecule has 0 aromatic carbocycles. The van der Waals surface area contributed by atoms with Crippen molar-refractivity contribution in [1.82, 2.24) is 5.32 Å². The van der Waals surface area contributed by atoms with Crippen molar-refractivity contribution in [1.29, 1.82) is 0 Å². The molecule has 2 atom stereocenters. The Hall–Kier alpha value is -0.320. The van der Waals surface area contributed by atoms with Gasteiger partial charge in [0.15, 0.2) is 4.67 Å². The number of furan rings is 1. The van der Waals surface area contributed by atoms with Crippen LogP contribution in [0, 0.1) is 5.92 Å². The zero-order valence-corrected chi connectivity index (χ0v) is 10.3. The van der Waals surface area contributed by atoms with E-state index in [-0.39, 0.29) is 12.1 Å². The van der Waals surface area contributed by atoms with Crippen LogP contribution in [-0.2, 0) is 0 Å². The summed E-state index contributed by atoms with van der Waals surface area (Å²) in [6.45, 7) is 2.68. The fourth-order valence-electron chi connectivity index (χ4n) is 1.61. The van der Waals surface area contributed by atoms with Gasteiger partial charge in [0.25, 0.3) is 0 Å². The van der Waals surface area contributed by atoms with Gasteiger partial charge in [0.05, 0.1) is 12.1 Å². The van der Waals surface area contributed by atoms with Crippen LogP contribution in [0.2, 0.25) is 0 Å². The van der Waals surface area contributed by atoms with Gasteiger partial charge in [-0.05, 0) is 53.7 Å². The molecule has 0 spiro atoms. The largest absolute Gasteiger partial charge is 0.453 e. The minimum atomic E-state index is -0.203. The lowest BCUT2D eigenvalue weighted by Crippen LogP contribution is -2.30. The smallest absolute Gasteiger partial charge is 0.169 e. The van der Waals surface area contributed by atoms with Crippen molar-refractivity contribution in [3.63, 3.8) is 0 Å². The Bertz CT molecular complexity index is 322. The van der Waals surface area contributed by atoms with E-state index >= 15 is 0 Å². The third-order valence-corrected chi connectivity index (χ3v) is 3.25. The average molecular weight is 274 g/mol. The van der Waals surface area contributed by atoms with E-state index in [9.17, 15) is 5.11 Å². The summed E-state index contributed by atoms with van der Waals surface area (Å²) in [6.07, 6.45) is 2.14. The Morgan fingerprint density at radius 3 is 2.87 bits per heavy atom. The predicted octanol–water partition coefficient (Wildman–Crippen LogP) is 2.46. The van der Waals surface area contributed by atoms with Gasteiger partial charge in [-0.15, -0.1) is 0 Å². The zero-order chi connectivity index (χ0) is 10.8. The predicted molar refractivity (Wildman–Crippen MR) is 61.6 cm³/mol. The molecule has 0 radical (unpaired) electrons. The summed E-state index contributed by atoms with van der Waals surface area (Å²) in [5.74, 6) is 1.41. The molecule has 0 saturated heterocycles. The van der Waals surface area contributed by atoms with E-state index in [4.69, 9.17) is 4.42 Å². The summed E-state index contributed by atoms with van der Waals surface area (Å²) in [6, 6.07) is 3.96. The molecule has 1 aromatic rings. The molecule has 4 heteroatoms. The van der Waals surface area contributed by atoms with Crippen molar-refractivity contribution >= 4 is 15.9 Å². The summed E-state index contributed by atoms with van der Waals surface area (Å²) in [4.78, 5) is 0. The lowest BCUT2D eigenvalue weighted by atomic mass is 10.2. The monoisotopic (exact) mass is 273 g/mol. The van der Waals surface area contributed by atoms with Gasteiger partial charge in [-0.2, -0.15) is 0 Å². The van der Waals surface area contributed by atoms with E-state index in [0.29, 0.717) is 12.5 Å². The topological polar surface area (TPSA) is 45.4 Å². The van der Waals surface area contributed by atoms with Crippen LogP contribution in [-0.4, -0.2) is 17.8 Å². The van der Waals surface area contributed by atoms with E-state index < -0.39 is 0 Å². The van der Waals surface area contributed by atoms with Gasteiger partial charge in [0.1, 0.15) is 5.76 Å². The van der Waals surface area contributed by atoms with Crippen molar-refractivity contribution in [2.75, 3.05) is 6.54 Å². The number of aliphatic hydroxyl groups excluding tert-OH is 1. The van der Waals surface area contributed by atoms with Crippen LogP contribution in [0.15, 0.2) is 21.2 Å². The maximum Gasteiger partial charge on any atom is 0.169 e. The molecule has 1 aliphatic rings. The number of hydrogen-bond acceptors (Lipinski definition) is 3. The lowest BCUT2D eigenvalue weighted by Gasteiger charge is -2.14. The van der Waals surface area contributed by atoms with Crippen molar-refractivity contribution in [2.24, 2.45) is 5.92 Å². The summed E-state index contributed by atoms with van der Waals surface area (Å²) < 4.78 is 6.17. The van der Waals surface area contributed by atoms with Crippen LogP contribution in [0.3, 0.4) is 0 Å². The molecule has 0 bridgehead atoms. The molecule has 1 saturated carbocycles. The lowest BCUT2D eigenvalue weighted by molar-refractivity contribution is 0.144. The molecule has 2 unspecified atom stereocenters. The minimum absolute atomic E-state index is 0.143. The third-order valence-electron chi connectivity index (χ3n) is 2.82. The van der Waals surface area contributed by atoms with Gasteiger partial charge in [-0.25, -0.2) is 0 Å². The average Bonchev–Trinajstić information content (AvgIpc) is 2.97. The molecular formula is C11H16BrNO2. The van der Waals surface area contributed by atoms with E-state index in [1.165, 1.54) is 12.8 Å². The summed E-state index contributed by atoms with van der Waals surface area (Å²) in [7, 11) is 0. The van der Waals surface area contributed by atoms with Crippen molar-refractivity contribution < 1.29 is 9.52 Å². The van der Waals surface area contributed by atoms with Gasteiger partial charge in [-0.3, -0.25) is 0 Å². The van der Waals surface area contributed by atoms with Gasteiger partial charge in [-0.1, -0.05) is 0 Å². The van der Waals surface area contributed by atoms with Crippen LogP contribution < -0.4 is 5.32 Å². The van der Waals surface area contributed by atoms with Crippen LogP contribution >= 0.6 is 15.9 Å². The number of aliphatic hydroxyl groups is 1. The highest BCUT2D eigenvalue weighted by molar-refractivity contribution is 9.10. The minimum Gasteiger partial charge on any atom is -0.453 e.